The van der Waals surface area contributed by atoms with E-state index in [2.05, 4.69) is 11.1 Å². The fraction of sp³-hybridized carbons (Fsp3) is 0.545. The van der Waals surface area contributed by atoms with E-state index in [1.807, 2.05) is 50.1 Å². The molecule has 0 spiro atoms. The number of nitrogens with zero attached hydrogens (tertiary/aromatic N) is 2. The van der Waals surface area contributed by atoms with Gasteiger partial charge >= 0.3 is 6.09 Å². The molecule has 2 aromatic rings. The second-order valence-electron chi connectivity index (χ2n) is 8.84. The Labute approximate surface area is 170 Å². The van der Waals surface area contributed by atoms with E-state index < -0.39 is 17.8 Å². The third-order valence-electron chi connectivity index (χ3n) is 5.28. The molecule has 1 saturated heterocycles. The molecule has 1 aromatic carbocycles. The maximum absolute atomic E-state index is 13.3. The average Bonchev–Trinajstić information content (AvgIpc) is 3.45. The predicted molar refractivity (Wildman–Crippen MR) is 109 cm³/mol. The van der Waals surface area contributed by atoms with Gasteiger partial charge in [-0.1, -0.05) is 18.2 Å². The van der Waals surface area contributed by atoms with Crippen LogP contribution < -0.4 is 0 Å². The lowest BCUT2D eigenvalue weighted by Crippen LogP contribution is -2.53. The number of aromatic amines is 1. The van der Waals surface area contributed by atoms with Crippen molar-refractivity contribution in [2.24, 2.45) is 0 Å². The normalized spacial score (nSPS) is 20.0. The van der Waals surface area contributed by atoms with E-state index in [0.717, 1.165) is 29.3 Å². The van der Waals surface area contributed by atoms with E-state index in [0.29, 0.717) is 19.7 Å². The number of hydrogen-bond acceptors (Lipinski definition) is 4. The summed E-state index contributed by atoms with van der Waals surface area (Å²) in [7, 11) is 0. The van der Waals surface area contributed by atoms with Gasteiger partial charge in [0.05, 0.1) is 13.2 Å². The van der Waals surface area contributed by atoms with E-state index >= 15 is 0 Å². The molecule has 29 heavy (non-hydrogen) atoms. The quantitative estimate of drug-likeness (QED) is 0.856. The summed E-state index contributed by atoms with van der Waals surface area (Å²) in [5.41, 5.74) is 1.60. The average molecular weight is 399 g/mol. The largest absolute Gasteiger partial charge is 0.444 e. The lowest BCUT2D eigenvalue weighted by atomic mass is 10.1. The number of carbonyl (C=O) groups is 2. The van der Waals surface area contributed by atoms with Crippen molar-refractivity contribution in [3.05, 3.63) is 36.0 Å². The van der Waals surface area contributed by atoms with E-state index in [1.165, 1.54) is 0 Å². The van der Waals surface area contributed by atoms with Crippen LogP contribution >= 0.6 is 0 Å². The van der Waals surface area contributed by atoms with Crippen LogP contribution in [0.1, 0.15) is 39.2 Å². The Morgan fingerprint density at radius 1 is 1.28 bits per heavy atom. The van der Waals surface area contributed by atoms with Crippen molar-refractivity contribution in [1.82, 2.24) is 14.8 Å². The summed E-state index contributed by atoms with van der Waals surface area (Å²) in [4.78, 5) is 32.5. The van der Waals surface area contributed by atoms with Crippen LogP contribution in [0.4, 0.5) is 4.79 Å². The van der Waals surface area contributed by atoms with Crippen LogP contribution in [0.25, 0.3) is 10.9 Å². The van der Waals surface area contributed by atoms with Crippen molar-refractivity contribution in [1.29, 1.82) is 0 Å². The zero-order valence-electron chi connectivity index (χ0n) is 17.3. The molecule has 7 heteroatoms. The van der Waals surface area contributed by atoms with Gasteiger partial charge < -0.3 is 24.3 Å². The molecule has 1 unspecified atom stereocenters. The van der Waals surface area contributed by atoms with Crippen LogP contribution in [0.2, 0.25) is 0 Å². The molecule has 7 nitrogen and oxygen atoms in total. The van der Waals surface area contributed by atoms with Gasteiger partial charge in [0.15, 0.2) is 6.10 Å². The number of benzene rings is 1. The van der Waals surface area contributed by atoms with Gasteiger partial charge in [0, 0.05) is 36.2 Å². The van der Waals surface area contributed by atoms with Crippen LogP contribution in [0, 0.1) is 0 Å². The van der Waals surface area contributed by atoms with Crippen LogP contribution in [0.5, 0.6) is 0 Å². The van der Waals surface area contributed by atoms with Crippen LogP contribution in [-0.4, -0.2) is 64.2 Å². The fourth-order valence-corrected chi connectivity index (χ4v) is 3.70. The van der Waals surface area contributed by atoms with Gasteiger partial charge in [-0.25, -0.2) is 4.79 Å². The first-order valence-electron chi connectivity index (χ1n) is 10.3. The topological polar surface area (TPSA) is 74.9 Å². The van der Waals surface area contributed by atoms with Gasteiger partial charge in [0.1, 0.15) is 5.60 Å². The van der Waals surface area contributed by atoms with Gasteiger partial charge in [0.25, 0.3) is 5.91 Å². The zero-order chi connectivity index (χ0) is 20.6. The lowest BCUT2D eigenvalue weighted by molar-refractivity contribution is -0.150. The molecule has 1 aliphatic heterocycles. The Morgan fingerprint density at radius 3 is 2.76 bits per heavy atom. The number of para-hydroxylation sites is 1. The molecule has 156 valence electrons. The Kier molecular flexibility index (Phi) is 5.25. The monoisotopic (exact) mass is 399 g/mol. The van der Waals surface area contributed by atoms with Crippen LogP contribution in [0.15, 0.2) is 30.5 Å². The standard InChI is InChI=1S/C22H29N3O4/c1-22(2,3)29-21(27)24-10-11-28-19(14-24)20(26)25(16-8-9-16)13-15-12-23-18-7-5-4-6-17(15)18/h4-7,12,16,19,23H,8-11,13-14H2,1-3H3. The van der Waals surface area contributed by atoms with Crippen molar-refractivity contribution >= 4 is 22.9 Å². The summed E-state index contributed by atoms with van der Waals surface area (Å²) < 4.78 is 11.2. The lowest BCUT2D eigenvalue weighted by Gasteiger charge is -2.35. The van der Waals surface area contributed by atoms with Crippen molar-refractivity contribution in [2.45, 2.75) is 57.9 Å². The maximum atomic E-state index is 13.3. The molecule has 1 aromatic heterocycles. The van der Waals surface area contributed by atoms with Gasteiger partial charge in [-0.05, 0) is 45.2 Å². The fourth-order valence-electron chi connectivity index (χ4n) is 3.70. The first-order chi connectivity index (χ1) is 13.8. The molecule has 1 aliphatic carbocycles. The molecule has 1 atom stereocenters. The van der Waals surface area contributed by atoms with Crippen LogP contribution in [0.3, 0.4) is 0 Å². The van der Waals surface area contributed by atoms with Gasteiger partial charge in [0.2, 0.25) is 0 Å². The van der Waals surface area contributed by atoms with Crippen molar-refractivity contribution in [3.8, 4) is 0 Å². The molecule has 1 saturated carbocycles. The molecular weight excluding hydrogens is 370 g/mol. The third-order valence-corrected chi connectivity index (χ3v) is 5.28. The molecular formula is C22H29N3O4. The summed E-state index contributed by atoms with van der Waals surface area (Å²) >= 11 is 0. The minimum absolute atomic E-state index is 0.0500. The number of morpholine rings is 1. The number of fused-ring (bicyclic) bond motifs is 1. The summed E-state index contributed by atoms with van der Waals surface area (Å²) in [5, 5.41) is 1.13. The number of hydrogen-bond donors (Lipinski definition) is 1. The van der Waals surface area contributed by atoms with Crippen LogP contribution in [-0.2, 0) is 20.8 Å². The zero-order valence-corrected chi connectivity index (χ0v) is 17.3. The minimum atomic E-state index is -0.651. The Bertz CT molecular complexity index is 897. The Balaban J connectivity index is 1.46. The molecule has 2 aliphatic rings. The van der Waals surface area contributed by atoms with E-state index in [1.54, 1.807) is 4.90 Å². The molecule has 0 radical (unpaired) electrons. The summed E-state index contributed by atoms with van der Waals surface area (Å²) in [6, 6.07) is 8.35. The summed E-state index contributed by atoms with van der Waals surface area (Å²) in [5.74, 6) is -0.0500. The number of aromatic nitrogens is 1. The van der Waals surface area contributed by atoms with Crippen molar-refractivity contribution < 1.29 is 19.1 Å². The molecule has 0 bridgehead atoms. The van der Waals surface area contributed by atoms with E-state index in [-0.39, 0.29) is 18.5 Å². The summed E-state index contributed by atoms with van der Waals surface area (Å²) in [6.07, 6.45) is 2.95. The predicted octanol–water partition coefficient (Wildman–Crippen LogP) is 3.29. The molecule has 2 fully saturated rings. The third kappa shape index (κ3) is 4.56. The van der Waals surface area contributed by atoms with Gasteiger partial charge in [-0.2, -0.15) is 0 Å². The highest BCUT2D eigenvalue weighted by Gasteiger charge is 2.39. The van der Waals surface area contributed by atoms with E-state index in [9.17, 15) is 9.59 Å². The maximum Gasteiger partial charge on any atom is 0.410 e. The minimum Gasteiger partial charge on any atom is -0.444 e. The van der Waals surface area contributed by atoms with E-state index in [4.69, 9.17) is 9.47 Å². The second kappa shape index (κ2) is 7.71. The van der Waals surface area contributed by atoms with Crippen molar-refractivity contribution in [2.75, 3.05) is 19.7 Å². The number of nitrogens with one attached hydrogen (secondary N) is 1. The Morgan fingerprint density at radius 2 is 2.03 bits per heavy atom. The highest BCUT2D eigenvalue weighted by atomic mass is 16.6. The first kappa shape index (κ1) is 19.8. The summed E-state index contributed by atoms with van der Waals surface area (Å²) in [6.45, 7) is 7.05. The second-order valence-corrected chi connectivity index (χ2v) is 8.84. The number of rotatable bonds is 4. The number of H-pyrrole nitrogens is 1. The SMILES string of the molecule is CC(C)(C)OC(=O)N1CCOC(C(=O)N(Cc2c[nH]c3ccccc23)C2CC2)C1. The number of amides is 2. The Hall–Kier alpha value is -2.54. The van der Waals surface area contributed by atoms with Crippen molar-refractivity contribution in [3.63, 3.8) is 0 Å². The molecule has 1 N–H and O–H groups in total. The highest BCUT2D eigenvalue weighted by Crippen LogP contribution is 2.31. The van der Waals surface area contributed by atoms with Gasteiger partial charge in [-0.15, -0.1) is 0 Å². The molecule has 4 rings (SSSR count). The smallest absolute Gasteiger partial charge is 0.410 e. The number of ether oxygens (including phenoxy) is 2. The number of carbonyl (C=O) groups excluding carboxylic acids is 2. The highest BCUT2D eigenvalue weighted by molar-refractivity contribution is 5.85. The molecule has 2 heterocycles. The first-order valence-corrected chi connectivity index (χ1v) is 10.3. The van der Waals surface area contributed by atoms with Gasteiger partial charge in [-0.3, -0.25) is 4.79 Å². The molecule has 2 amide bonds.